The molecule has 2 aromatic carbocycles. The van der Waals surface area contributed by atoms with Gasteiger partial charge in [-0.3, -0.25) is 0 Å². The minimum Gasteiger partial charge on any atom is -0.344 e. The van der Waals surface area contributed by atoms with E-state index < -0.39 is 0 Å². The molecule has 0 bridgehead atoms. The SMILES string of the molecule is CC.Cn1c2ccccc2c2ccccc21. The van der Waals surface area contributed by atoms with Gasteiger partial charge in [0.05, 0.1) is 0 Å². The van der Waals surface area contributed by atoms with Crippen LogP contribution < -0.4 is 0 Å². The minimum atomic E-state index is 1.30. The van der Waals surface area contributed by atoms with Crippen molar-refractivity contribution in [2.45, 2.75) is 13.8 Å². The van der Waals surface area contributed by atoms with E-state index in [1.807, 2.05) is 13.8 Å². The predicted molar refractivity (Wildman–Crippen MR) is 71.8 cm³/mol. The standard InChI is InChI=1S/C13H11N.C2H6/c1-14-12-8-4-2-6-10(12)11-7-3-5-9-13(11)14;1-2/h2-9H,1H3;1-2H3. The smallest absolute Gasteiger partial charge is 0.0488 e. The van der Waals surface area contributed by atoms with Crippen LogP contribution in [0.3, 0.4) is 0 Å². The second-order valence-electron chi connectivity index (χ2n) is 3.59. The third-order valence-corrected chi connectivity index (χ3v) is 2.82. The molecule has 0 N–H and O–H groups in total. The number of nitrogens with zero attached hydrogens (tertiary/aromatic N) is 1. The van der Waals surface area contributed by atoms with E-state index in [9.17, 15) is 0 Å². The summed E-state index contributed by atoms with van der Waals surface area (Å²) in [6, 6.07) is 17.0. The Bertz CT molecular complexity index is 552. The van der Waals surface area contributed by atoms with Gasteiger partial charge in [0, 0.05) is 28.9 Å². The van der Waals surface area contributed by atoms with Crippen molar-refractivity contribution in [1.82, 2.24) is 4.57 Å². The van der Waals surface area contributed by atoms with Crippen molar-refractivity contribution in [1.29, 1.82) is 0 Å². The molecule has 0 aliphatic carbocycles. The lowest BCUT2D eigenvalue weighted by Gasteiger charge is -1.95. The van der Waals surface area contributed by atoms with Crippen LogP contribution >= 0.6 is 0 Å². The van der Waals surface area contributed by atoms with Crippen LogP contribution in [-0.4, -0.2) is 4.57 Å². The number of aromatic nitrogens is 1. The second-order valence-corrected chi connectivity index (χ2v) is 3.59. The molecule has 0 saturated carbocycles. The van der Waals surface area contributed by atoms with Crippen LogP contribution in [0.1, 0.15) is 13.8 Å². The molecule has 0 spiro atoms. The molecule has 16 heavy (non-hydrogen) atoms. The molecule has 0 aliphatic heterocycles. The molecule has 0 radical (unpaired) electrons. The van der Waals surface area contributed by atoms with E-state index in [4.69, 9.17) is 0 Å². The topological polar surface area (TPSA) is 4.93 Å². The van der Waals surface area contributed by atoms with E-state index in [-0.39, 0.29) is 0 Å². The maximum absolute atomic E-state index is 2.24. The van der Waals surface area contributed by atoms with E-state index in [1.54, 1.807) is 0 Å². The van der Waals surface area contributed by atoms with Crippen LogP contribution in [0.4, 0.5) is 0 Å². The fourth-order valence-corrected chi connectivity index (χ4v) is 2.12. The van der Waals surface area contributed by atoms with Crippen molar-refractivity contribution in [2.75, 3.05) is 0 Å². The Hall–Kier alpha value is -1.76. The molecule has 0 atom stereocenters. The molecule has 0 aliphatic rings. The van der Waals surface area contributed by atoms with Gasteiger partial charge in [-0.15, -0.1) is 0 Å². The largest absolute Gasteiger partial charge is 0.344 e. The Morgan fingerprint density at radius 2 is 1.06 bits per heavy atom. The van der Waals surface area contributed by atoms with Crippen molar-refractivity contribution in [3.8, 4) is 0 Å². The summed E-state index contributed by atoms with van der Waals surface area (Å²) in [6.45, 7) is 4.00. The Morgan fingerprint density at radius 3 is 1.50 bits per heavy atom. The van der Waals surface area contributed by atoms with E-state index in [0.717, 1.165) is 0 Å². The molecule has 82 valence electrons. The Kier molecular flexibility index (Phi) is 2.95. The highest BCUT2D eigenvalue weighted by Crippen LogP contribution is 2.26. The van der Waals surface area contributed by atoms with Crippen LogP contribution in [-0.2, 0) is 7.05 Å². The summed E-state index contributed by atoms with van der Waals surface area (Å²) in [6.07, 6.45) is 0. The third-order valence-electron chi connectivity index (χ3n) is 2.82. The first-order valence-corrected chi connectivity index (χ1v) is 5.80. The van der Waals surface area contributed by atoms with Gasteiger partial charge in [-0.2, -0.15) is 0 Å². The molecular formula is C15H17N. The van der Waals surface area contributed by atoms with E-state index in [2.05, 4.69) is 60.1 Å². The Labute approximate surface area is 96.3 Å². The third kappa shape index (κ3) is 1.49. The number of hydrogen-bond acceptors (Lipinski definition) is 0. The lowest BCUT2D eigenvalue weighted by molar-refractivity contribution is 1.01. The number of rotatable bonds is 0. The number of fused-ring (bicyclic) bond motifs is 3. The van der Waals surface area contributed by atoms with Gasteiger partial charge in [0.1, 0.15) is 0 Å². The normalized spacial score (nSPS) is 10.2. The summed E-state index contributed by atoms with van der Waals surface area (Å²) >= 11 is 0. The van der Waals surface area contributed by atoms with Gasteiger partial charge in [0.2, 0.25) is 0 Å². The molecule has 3 rings (SSSR count). The van der Waals surface area contributed by atoms with Crippen LogP contribution in [0.5, 0.6) is 0 Å². The highest BCUT2D eigenvalue weighted by molar-refractivity contribution is 6.07. The number of aryl methyl sites for hydroxylation is 1. The summed E-state index contributed by atoms with van der Waals surface area (Å²) in [5.74, 6) is 0. The maximum atomic E-state index is 2.24. The van der Waals surface area contributed by atoms with Gasteiger partial charge in [-0.25, -0.2) is 0 Å². The molecule has 3 aromatic rings. The number of hydrogen-bond donors (Lipinski definition) is 0. The molecule has 1 aromatic heterocycles. The molecule has 1 heteroatoms. The van der Waals surface area contributed by atoms with Crippen molar-refractivity contribution >= 4 is 21.8 Å². The fourth-order valence-electron chi connectivity index (χ4n) is 2.12. The van der Waals surface area contributed by atoms with Crippen molar-refractivity contribution in [3.63, 3.8) is 0 Å². The zero-order chi connectivity index (χ0) is 11.5. The zero-order valence-corrected chi connectivity index (χ0v) is 10.1. The van der Waals surface area contributed by atoms with Gasteiger partial charge in [0.25, 0.3) is 0 Å². The zero-order valence-electron chi connectivity index (χ0n) is 10.1. The summed E-state index contributed by atoms with van der Waals surface area (Å²) in [5.41, 5.74) is 2.60. The molecule has 0 fully saturated rings. The predicted octanol–water partition coefficient (Wildman–Crippen LogP) is 4.36. The van der Waals surface area contributed by atoms with E-state index >= 15 is 0 Å². The summed E-state index contributed by atoms with van der Waals surface area (Å²) in [5, 5.41) is 2.68. The van der Waals surface area contributed by atoms with Crippen LogP contribution in [0.25, 0.3) is 21.8 Å². The summed E-state index contributed by atoms with van der Waals surface area (Å²) in [4.78, 5) is 0. The van der Waals surface area contributed by atoms with Gasteiger partial charge in [-0.05, 0) is 12.1 Å². The average Bonchev–Trinajstić information content (AvgIpc) is 2.67. The van der Waals surface area contributed by atoms with Crippen molar-refractivity contribution in [3.05, 3.63) is 48.5 Å². The van der Waals surface area contributed by atoms with E-state index in [1.165, 1.54) is 21.8 Å². The fraction of sp³-hybridized carbons (Fsp3) is 0.200. The Morgan fingerprint density at radius 1 is 0.688 bits per heavy atom. The first-order valence-electron chi connectivity index (χ1n) is 5.80. The molecule has 0 saturated heterocycles. The molecular weight excluding hydrogens is 194 g/mol. The molecule has 1 heterocycles. The van der Waals surface area contributed by atoms with Crippen LogP contribution in [0.15, 0.2) is 48.5 Å². The average molecular weight is 211 g/mol. The van der Waals surface area contributed by atoms with Crippen LogP contribution in [0.2, 0.25) is 0 Å². The van der Waals surface area contributed by atoms with Crippen molar-refractivity contribution < 1.29 is 0 Å². The highest BCUT2D eigenvalue weighted by atomic mass is 14.9. The molecule has 0 unspecified atom stereocenters. The van der Waals surface area contributed by atoms with E-state index in [0.29, 0.717) is 0 Å². The van der Waals surface area contributed by atoms with Gasteiger partial charge in [-0.1, -0.05) is 50.2 Å². The first-order chi connectivity index (χ1) is 7.88. The molecule has 1 nitrogen and oxygen atoms in total. The second kappa shape index (κ2) is 4.40. The Balaban J connectivity index is 0.000000457. The monoisotopic (exact) mass is 211 g/mol. The van der Waals surface area contributed by atoms with Crippen molar-refractivity contribution in [2.24, 2.45) is 7.05 Å². The highest BCUT2D eigenvalue weighted by Gasteiger charge is 2.04. The maximum Gasteiger partial charge on any atom is 0.0488 e. The molecule has 0 amide bonds. The van der Waals surface area contributed by atoms with Gasteiger partial charge >= 0.3 is 0 Å². The lowest BCUT2D eigenvalue weighted by Crippen LogP contribution is -1.84. The number of benzene rings is 2. The van der Waals surface area contributed by atoms with Gasteiger partial charge < -0.3 is 4.57 Å². The van der Waals surface area contributed by atoms with Crippen LogP contribution in [0, 0.1) is 0 Å². The summed E-state index contributed by atoms with van der Waals surface area (Å²) in [7, 11) is 2.12. The van der Waals surface area contributed by atoms with Gasteiger partial charge in [0.15, 0.2) is 0 Å². The first kappa shape index (κ1) is 10.7. The number of para-hydroxylation sites is 2. The lowest BCUT2D eigenvalue weighted by atomic mass is 10.2. The summed E-state index contributed by atoms with van der Waals surface area (Å²) < 4.78 is 2.24. The quantitative estimate of drug-likeness (QED) is 0.520. The minimum absolute atomic E-state index is 1.30.